The zero-order chi connectivity index (χ0) is 24.1. The second-order valence-corrected chi connectivity index (χ2v) is 10.0. The van der Waals surface area contributed by atoms with E-state index in [1.165, 1.54) is 19.3 Å². The Morgan fingerprint density at radius 1 is 1.09 bits per heavy atom. The van der Waals surface area contributed by atoms with Crippen molar-refractivity contribution in [2.45, 2.75) is 50.1 Å². The van der Waals surface area contributed by atoms with Crippen molar-refractivity contribution in [1.82, 2.24) is 25.1 Å². The number of fused-ring (bicyclic) bond motifs is 1. The van der Waals surface area contributed by atoms with Crippen LogP contribution in [-0.2, 0) is 6.54 Å². The molecule has 4 rings (SSSR count). The molecular formula is C24H32N6O3S. The first-order chi connectivity index (χ1) is 16.5. The zero-order valence-electron chi connectivity index (χ0n) is 20.2. The summed E-state index contributed by atoms with van der Waals surface area (Å²) in [7, 11) is 3.12. The third-order valence-corrected chi connectivity index (χ3v) is 6.54. The van der Waals surface area contributed by atoms with Gasteiger partial charge in [-0.15, -0.1) is 0 Å². The molecule has 1 saturated heterocycles. The van der Waals surface area contributed by atoms with Crippen LogP contribution in [0.1, 0.15) is 43.5 Å². The molecule has 0 unspecified atom stereocenters. The van der Waals surface area contributed by atoms with E-state index < -0.39 is 0 Å². The summed E-state index contributed by atoms with van der Waals surface area (Å²) in [6.45, 7) is 7.19. The van der Waals surface area contributed by atoms with Gasteiger partial charge in [0.25, 0.3) is 5.91 Å². The Morgan fingerprint density at radius 3 is 2.44 bits per heavy atom. The van der Waals surface area contributed by atoms with Gasteiger partial charge in [-0.2, -0.15) is 5.10 Å². The second kappa shape index (κ2) is 10.9. The molecule has 1 N–H and O–H groups in total. The average Bonchev–Trinajstić information content (AvgIpc) is 3.26. The quantitative estimate of drug-likeness (QED) is 0.362. The standard InChI is InChI=1S/C24H32N6O3S/c1-16(2)34-24-27-21(29-9-6-5-7-10-29)20-15-26-30(22(20)28-24)11-8-25-23(31)17-12-18(32-3)14-19(13-17)33-4/h12-16H,5-11H2,1-4H3,(H,25,31). The van der Waals surface area contributed by atoms with Crippen molar-refractivity contribution in [3.8, 4) is 11.5 Å². The average molecular weight is 485 g/mol. The minimum Gasteiger partial charge on any atom is -0.497 e. The molecule has 10 heteroatoms. The lowest BCUT2D eigenvalue weighted by molar-refractivity contribution is 0.0951. The highest BCUT2D eigenvalue weighted by molar-refractivity contribution is 7.99. The van der Waals surface area contributed by atoms with Gasteiger partial charge in [0.15, 0.2) is 10.8 Å². The van der Waals surface area contributed by atoms with Gasteiger partial charge in [0.05, 0.1) is 32.3 Å². The molecule has 3 aromatic rings. The number of carbonyl (C=O) groups is 1. The predicted molar refractivity (Wildman–Crippen MR) is 134 cm³/mol. The first-order valence-electron chi connectivity index (χ1n) is 11.6. The smallest absolute Gasteiger partial charge is 0.251 e. The van der Waals surface area contributed by atoms with E-state index in [1.54, 1.807) is 44.2 Å². The molecule has 3 heterocycles. The van der Waals surface area contributed by atoms with E-state index >= 15 is 0 Å². The number of hydrogen-bond donors (Lipinski definition) is 1. The van der Waals surface area contributed by atoms with Gasteiger partial charge >= 0.3 is 0 Å². The number of benzene rings is 1. The van der Waals surface area contributed by atoms with Crippen LogP contribution in [0.5, 0.6) is 11.5 Å². The molecule has 1 amide bonds. The normalized spacial score (nSPS) is 14.0. The molecule has 9 nitrogen and oxygen atoms in total. The molecule has 0 aliphatic carbocycles. The van der Waals surface area contributed by atoms with Crippen molar-refractivity contribution >= 4 is 34.5 Å². The van der Waals surface area contributed by atoms with Gasteiger partial charge in [0.1, 0.15) is 17.3 Å². The Morgan fingerprint density at radius 2 is 1.79 bits per heavy atom. The minimum atomic E-state index is -0.201. The number of ether oxygens (including phenoxy) is 2. The number of amides is 1. The van der Waals surface area contributed by atoms with Crippen molar-refractivity contribution < 1.29 is 14.3 Å². The lowest BCUT2D eigenvalue weighted by Crippen LogP contribution is -2.30. The molecule has 0 atom stereocenters. The minimum absolute atomic E-state index is 0.201. The van der Waals surface area contributed by atoms with Crippen LogP contribution in [-0.4, -0.2) is 64.8 Å². The molecule has 1 aliphatic rings. The van der Waals surface area contributed by atoms with E-state index in [1.807, 2.05) is 10.9 Å². The Hall–Kier alpha value is -3.01. The molecular weight excluding hydrogens is 452 g/mol. The number of nitrogens with one attached hydrogen (secondary N) is 1. The van der Waals surface area contributed by atoms with Gasteiger partial charge in [0.2, 0.25) is 0 Å². The fourth-order valence-electron chi connectivity index (χ4n) is 4.01. The monoisotopic (exact) mass is 484 g/mol. The van der Waals surface area contributed by atoms with E-state index in [9.17, 15) is 4.79 Å². The fraction of sp³-hybridized carbons (Fsp3) is 0.500. The van der Waals surface area contributed by atoms with Gasteiger partial charge in [0, 0.05) is 36.5 Å². The first-order valence-corrected chi connectivity index (χ1v) is 12.5. The number of thioether (sulfide) groups is 1. The highest BCUT2D eigenvalue weighted by Gasteiger charge is 2.20. The van der Waals surface area contributed by atoms with Crippen LogP contribution in [0, 0.1) is 0 Å². The Bertz CT molecular complexity index is 1120. The number of methoxy groups -OCH3 is 2. The van der Waals surface area contributed by atoms with Crippen molar-refractivity contribution in [1.29, 1.82) is 0 Å². The first kappa shape index (κ1) is 24.1. The van der Waals surface area contributed by atoms with Crippen LogP contribution in [0.4, 0.5) is 5.82 Å². The SMILES string of the molecule is COc1cc(OC)cc(C(=O)NCCn2ncc3c(N4CCCCC4)nc(SC(C)C)nc32)c1. The molecule has 0 spiro atoms. The predicted octanol–water partition coefficient (Wildman–Crippen LogP) is 3.76. The van der Waals surface area contributed by atoms with E-state index in [0.29, 0.717) is 35.4 Å². The molecule has 0 radical (unpaired) electrons. The van der Waals surface area contributed by atoms with Crippen LogP contribution < -0.4 is 19.7 Å². The molecule has 1 fully saturated rings. The fourth-order valence-corrected chi connectivity index (χ4v) is 4.71. The topological polar surface area (TPSA) is 94.4 Å². The van der Waals surface area contributed by atoms with Gasteiger partial charge in [-0.25, -0.2) is 14.6 Å². The molecule has 34 heavy (non-hydrogen) atoms. The molecule has 0 bridgehead atoms. The summed E-state index contributed by atoms with van der Waals surface area (Å²) in [6, 6.07) is 5.11. The molecule has 1 aromatic carbocycles. The van der Waals surface area contributed by atoms with Gasteiger partial charge < -0.3 is 19.7 Å². The summed E-state index contributed by atoms with van der Waals surface area (Å²) < 4.78 is 12.4. The van der Waals surface area contributed by atoms with E-state index in [-0.39, 0.29) is 5.91 Å². The number of carbonyl (C=O) groups excluding carboxylic acids is 1. The highest BCUT2D eigenvalue weighted by Crippen LogP contribution is 2.30. The van der Waals surface area contributed by atoms with Crippen molar-refractivity contribution in [3.63, 3.8) is 0 Å². The lowest BCUT2D eigenvalue weighted by atomic mass is 10.1. The molecule has 2 aromatic heterocycles. The third kappa shape index (κ3) is 5.55. The maximum absolute atomic E-state index is 12.7. The third-order valence-electron chi connectivity index (χ3n) is 5.68. The van der Waals surface area contributed by atoms with Crippen molar-refractivity contribution in [2.75, 3.05) is 38.8 Å². The molecule has 182 valence electrons. The number of piperidine rings is 1. The molecule has 1 aliphatic heterocycles. The summed E-state index contributed by atoms with van der Waals surface area (Å²) in [5, 5.41) is 9.64. The summed E-state index contributed by atoms with van der Waals surface area (Å²) in [5.41, 5.74) is 1.28. The Balaban J connectivity index is 1.52. The highest BCUT2D eigenvalue weighted by atomic mass is 32.2. The second-order valence-electron chi connectivity index (χ2n) is 8.51. The number of aromatic nitrogens is 4. The van der Waals surface area contributed by atoms with Crippen LogP contribution >= 0.6 is 11.8 Å². The lowest BCUT2D eigenvalue weighted by Gasteiger charge is -2.28. The Labute approximate surface area is 204 Å². The zero-order valence-corrected chi connectivity index (χ0v) is 21.0. The van der Waals surface area contributed by atoms with Gasteiger partial charge in [-0.3, -0.25) is 4.79 Å². The van der Waals surface area contributed by atoms with Gasteiger partial charge in [-0.1, -0.05) is 25.6 Å². The number of rotatable bonds is 9. The van der Waals surface area contributed by atoms with E-state index in [2.05, 4.69) is 29.2 Å². The van der Waals surface area contributed by atoms with Crippen LogP contribution in [0.2, 0.25) is 0 Å². The van der Waals surface area contributed by atoms with Crippen LogP contribution in [0.25, 0.3) is 11.0 Å². The Kier molecular flexibility index (Phi) is 7.77. The van der Waals surface area contributed by atoms with Crippen LogP contribution in [0.15, 0.2) is 29.6 Å². The van der Waals surface area contributed by atoms with Crippen molar-refractivity contribution in [3.05, 3.63) is 30.0 Å². The van der Waals surface area contributed by atoms with Gasteiger partial charge in [-0.05, 0) is 31.4 Å². The number of anilines is 1. The summed E-state index contributed by atoms with van der Waals surface area (Å²) in [4.78, 5) is 24.8. The largest absolute Gasteiger partial charge is 0.497 e. The number of nitrogens with zero attached hydrogens (tertiary/aromatic N) is 5. The summed E-state index contributed by atoms with van der Waals surface area (Å²) in [6.07, 6.45) is 5.45. The van der Waals surface area contributed by atoms with Crippen LogP contribution in [0.3, 0.4) is 0 Å². The molecule has 0 saturated carbocycles. The maximum Gasteiger partial charge on any atom is 0.251 e. The maximum atomic E-state index is 12.7. The van der Waals surface area contributed by atoms with E-state index in [4.69, 9.17) is 19.4 Å². The van der Waals surface area contributed by atoms with Crippen molar-refractivity contribution in [2.24, 2.45) is 0 Å². The summed E-state index contributed by atoms with van der Waals surface area (Å²) in [5.74, 6) is 1.90. The van der Waals surface area contributed by atoms with E-state index in [0.717, 1.165) is 35.1 Å². The number of hydrogen-bond acceptors (Lipinski definition) is 8. The summed E-state index contributed by atoms with van der Waals surface area (Å²) >= 11 is 1.65.